The molecule has 0 bridgehead atoms. The van der Waals surface area contributed by atoms with E-state index in [1.165, 1.54) is 12.0 Å². The van der Waals surface area contributed by atoms with E-state index in [0.29, 0.717) is 5.92 Å². The second kappa shape index (κ2) is 5.62. The molecule has 2 atom stereocenters. The van der Waals surface area contributed by atoms with Crippen molar-refractivity contribution < 1.29 is 4.74 Å². The van der Waals surface area contributed by atoms with Crippen LogP contribution in [0.2, 0.25) is 0 Å². The van der Waals surface area contributed by atoms with Gasteiger partial charge in [-0.15, -0.1) is 11.6 Å². The molecule has 3 heteroatoms. The lowest BCUT2D eigenvalue weighted by atomic mass is 9.94. The van der Waals surface area contributed by atoms with Crippen LogP contribution in [0.25, 0.3) is 0 Å². The highest BCUT2D eigenvalue weighted by Crippen LogP contribution is 2.42. The van der Waals surface area contributed by atoms with Gasteiger partial charge in [0.25, 0.3) is 0 Å². The van der Waals surface area contributed by atoms with Gasteiger partial charge in [0.05, 0.1) is 12.0 Å². The Balaban J connectivity index is 2.31. The zero-order valence-electron chi connectivity index (χ0n) is 10.3. The van der Waals surface area contributed by atoms with Crippen LogP contribution in [0.3, 0.4) is 0 Å². The van der Waals surface area contributed by atoms with E-state index in [9.17, 15) is 0 Å². The van der Waals surface area contributed by atoms with Gasteiger partial charge in [-0.2, -0.15) is 0 Å². The predicted molar refractivity (Wildman–Crippen MR) is 76.0 cm³/mol. The van der Waals surface area contributed by atoms with E-state index >= 15 is 0 Å². The molecule has 2 unspecified atom stereocenters. The number of rotatable bonds is 4. The largest absolute Gasteiger partial charge is 0.493 e. The molecule has 0 fully saturated rings. The van der Waals surface area contributed by atoms with Crippen LogP contribution >= 0.6 is 27.5 Å². The summed E-state index contributed by atoms with van der Waals surface area (Å²) in [5.41, 5.74) is 2.43. The summed E-state index contributed by atoms with van der Waals surface area (Å²) in [6, 6.07) is 4.24. The third kappa shape index (κ3) is 2.79. The van der Waals surface area contributed by atoms with Crippen LogP contribution in [0.15, 0.2) is 16.6 Å². The lowest BCUT2D eigenvalue weighted by molar-refractivity contribution is 0.350. The molecule has 94 valence electrons. The Kier molecular flexibility index (Phi) is 4.37. The predicted octanol–water partition coefficient (Wildman–Crippen LogP) is 5.10. The summed E-state index contributed by atoms with van der Waals surface area (Å²) < 4.78 is 6.83. The van der Waals surface area contributed by atoms with Crippen LogP contribution in [-0.4, -0.2) is 6.61 Å². The summed E-state index contributed by atoms with van der Waals surface area (Å²) in [5, 5.41) is 0.0410. The van der Waals surface area contributed by atoms with Crippen LogP contribution in [0.4, 0.5) is 0 Å². The topological polar surface area (TPSA) is 9.23 Å². The van der Waals surface area contributed by atoms with Crippen molar-refractivity contribution in [2.75, 3.05) is 6.61 Å². The molecule has 1 aromatic rings. The standard InChI is InChI=1S/C14H18BrClO/c1-3-4-9(2)13(16)12-8-11(15)7-10-5-6-17-14(10)12/h7-9,13H,3-6H2,1-2H3. The molecular formula is C14H18BrClO. The Hall–Kier alpha value is -0.210. The average molecular weight is 318 g/mol. The lowest BCUT2D eigenvalue weighted by Gasteiger charge is -2.20. The van der Waals surface area contributed by atoms with Gasteiger partial charge in [0.1, 0.15) is 5.75 Å². The Morgan fingerprint density at radius 3 is 2.94 bits per heavy atom. The molecule has 1 heterocycles. The van der Waals surface area contributed by atoms with E-state index in [2.05, 4.69) is 41.9 Å². The van der Waals surface area contributed by atoms with Gasteiger partial charge < -0.3 is 4.74 Å². The maximum Gasteiger partial charge on any atom is 0.127 e. The van der Waals surface area contributed by atoms with Gasteiger partial charge >= 0.3 is 0 Å². The molecule has 17 heavy (non-hydrogen) atoms. The molecule has 0 radical (unpaired) electrons. The zero-order chi connectivity index (χ0) is 12.4. The molecule has 1 aliphatic rings. The number of benzene rings is 1. The number of ether oxygens (including phenoxy) is 1. The second-order valence-corrected chi connectivity index (χ2v) is 6.14. The van der Waals surface area contributed by atoms with Crippen molar-refractivity contribution in [1.29, 1.82) is 0 Å². The van der Waals surface area contributed by atoms with Gasteiger partial charge in [0.2, 0.25) is 0 Å². The summed E-state index contributed by atoms with van der Waals surface area (Å²) in [6.45, 7) is 5.19. The second-order valence-electron chi connectivity index (χ2n) is 4.75. The number of halogens is 2. The van der Waals surface area contributed by atoms with Gasteiger partial charge in [-0.3, -0.25) is 0 Å². The number of alkyl halides is 1. The Bertz CT molecular complexity index is 405. The van der Waals surface area contributed by atoms with Gasteiger partial charge in [-0.1, -0.05) is 36.2 Å². The van der Waals surface area contributed by atoms with Crippen molar-refractivity contribution in [2.24, 2.45) is 5.92 Å². The van der Waals surface area contributed by atoms with Crippen molar-refractivity contribution in [2.45, 2.75) is 38.5 Å². The molecular weight excluding hydrogens is 300 g/mol. The fraction of sp³-hybridized carbons (Fsp3) is 0.571. The van der Waals surface area contributed by atoms with Crippen LogP contribution in [-0.2, 0) is 6.42 Å². The monoisotopic (exact) mass is 316 g/mol. The van der Waals surface area contributed by atoms with E-state index in [1.54, 1.807) is 0 Å². The average Bonchev–Trinajstić information content (AvgIpc) is 2.75. The quantitative estimate of drug-likeness (QED) is 0.702. The molecule has 1 aromatic carbocycles. The molecule has 0 spiro atoms. The molecule has 0 aromatic heterocycles. The van der Waals surface area contributed by atoms with Gasteiger partial charge in [0, 0.05) is 16.5 Å². The summed E-state index contributed by atoms with van der Waals surface area (Å²) in [6.07, 6.45) is 3.31. The van der Waals surface area contributed by atoms with E-state index in [4.69, 9.17) is 16.3 Å². The van der Waals surface area contributed by atoms with Crippen molar-refractivity contribution >= 4 is 27.5 Å². The fourth-order valence-electron chi connectivity index (χ4n) is 2.41. The van der Waals surface area contributed by atoms with E-state index in [0.717, 1.165) is 35.2 Å². The molecule has 1 nitrogen and oxygen atoms in total. The first-order valence-corrected chi connectivity index (χ1v) is 7.45. The maximum atomic E-state index is 6.59. The lowest BCUT2D eigenvalue weighted by Crippen LogP contribution is -2.05. The molecule has 0 aliphatic carbocycles. The third-order valence-electron chi connectivity index (χ3n) is 3.32. The number of fused-ring (bicyclic) bond motifs is 1. The first-order chi connectivity index (χ1) is 8.13. The molecule has 1 aliphatic heterocycles. The van der Waals surface area contributed by atoms with Gasteiger partial charge in [-0.05, 0) is 30.0 Å². The maximum absolute atomic E-state index is 6.59. The third-order valence-corrected chi connectivity index (χ3v) is 4.44. The fourth-order valence-corrected chi connectivity index (χ4v) is 3.22. The number of hydrogen-bond donors (Lipinski definition) is 0. The normalized spacial score (nSPS) is 17.4. The van der Waals surface area contributed by atoms with E-state index in [1.807, 2.05) is 0 Å². The van der Waals surface area contributed by atoms with Crippen molar-refractivity contribution in [3.05, 3.63) is 27.7 Å². The van der Waals surface area contributed by atoms with Crippen molar-refractivity contribution in [3.8, 4) is 5.75 Å². The molecule has 0 amide bonds. The Morgan fingerprint density at radius 2 is 2.24 bits per heavy atom. The van der Waals surface area contributed by atoms with Crippen LogP contribution in [0.5, 0.6) is 5.75 Å². The van der Waals surface area contributed by atoms with Gasteiger partial charge in [-0.25, -0.2) is 0 Å². The first kappa shape index (κ1) is 13.2. The van der Waals surface area contributed by atoms with Crippen molar-refractivity contribution in [1.82, 2.24) is 0 Å². The highest BCUT2D eigenvalue weighted by molar-refractivity contribution is 9.10. The minimum atomic E-state index is 0.0410. The minimum absolute atomic E-state index is 0.0410. The summed E-state index contributed by atoms with van der Waals surface area (Å²) in [7, 11) is 0. The van der Waals surface area contributed by atoms with E-state index < -0.39 is 0 Å². The minimum Gasteiger partial charge on any atom is -0.493 e. The smallest absolute Gasteiger partial charge is 0.127 e. The summed E-state index contributed by atoms with van der Waals surface area (Å²) >= 11 is 10.1. The van der Waals surface area contributed by atoms with Crippen LogP contribution in [0, 0.1) is 5.92 Å². The highest BCUT2D eigenvalue weighted by Gasteiger charge is 2.25. The molecule has 2 rings (SSSR count). The molecule has 0 saturated heterocycles. The molecule has 0 saturated carbocycles. The van der Waals surface area contributed by atoms with E-state index in [-0.39, 0.29) is 5.38 Å². The zero-order valence-corrected chi connectivity index (χ0v) is 12.6. The van der Waals surface area contributed by atoms with Crippen LogP contribution < -0.4 is 4.74 Å². The summed E-state index contributed by atoms with van der Waals surface area (Å²) in [4.78, 5) is 0. The Morgan fingerprint density at radius 1 is 1.47 bits per heavy atom. The van der Waals surface area contributed by atoms with Crippen LogP contribution in [0.1, 0.15) is 43.2 Å². The molecule has 0 N–H and O–H groups in total. The first-order valence-electron chi connectivity index (χ1n) is 6.22. The Labute approximate surface area is 117 Å². The SMILES string of the molecule is CCCC(C)C(Cl)c1cc(Br)cc2c1OCC2. The van der Waals surface area contributed by atoms with Crippen molar-refractivity contribution in [3.63, 3.8) is 0 Å². The summed E-state index contributed by atoms with van der Waals surface area (Å²) in [5.74, 6) is 1.50. The number of hydrogen-bond acceptors (Lipinski definition) is 1. The highest BCUT2D eigenvalue weighted by atomic mass is 79.9. The van der Waals surface area contributed by atoms with Gasteiger partial charge in [0.15, 0.2) is 0 Å².